The maximum Gasteiger partial charge on any atom is 0.275 e. The van der Waals surface area contributed by atoms with E-state index in [1.807, 2.05) is 18.2 Å². The van der Waals surface area contributed by atoms with Crippen molar-refractivity contribution in [3.8, 4) is 0 Å². The maximum absolute atomic E-state index is 12.3. The molecule has 0 aliphatic heterocycles. The first-order valence-corrected chi connectivity index (χ1v) is 8.71. The number of halogens is 1. The molecule has 0 saturated heterocycles. The molecule has 0 spiro atoms. The summed E-state index contributed by atoms with van der Waals surface area (Å²) in [5.41, 5.74) is 2.12. The van der Waals surface area contributed by atoms with Gasteiger partial charge in [-0.05, 0) is 36.8 Å². The van der Waals surface area contributed by atoms with E-state index >= 15 is 0 Å². The molecular weight excluding hydrogens is 348 g/mol. The summed E-state index contributed by atoms with van der Waals surface area (Å²) in [5.74, 6) is 0.428. The number of hydrogen-bond donors (Lipinski definition) is 1. The average molecular weight is 367 g/mol. The highest BCUT2D eigenvalue weighted by Gasteiger charge is 2.11. The molecule has 6 heteroatoms. The lowest BCUT2D eigenvalue weighted by atomic mass is 10.2. The van der Waals surface area contributed by atoms with E-state index in [-0.39, 0.29) is 11.6 Å². The van der Waals surface area contributed by atoms with Crippen LogP contribution in [0, 0.1) is 0 Å². The maximum atomic E-state index is 12.3. The van der Waals surface area contributed by atoms with Crippen molar-refractivity contribution in [1.82, 2.24) is 9.97 Å². The minimum atomic E-state index is -0.308. The van der Waals surface area contributed by atoms with Crippen molar-refractivity contribution in [1.29, 1.82) is 0 Å². The second kappa shape index (κ2) is 8.45. The Morgan fingerprint density at radius 1 is 1.04 bits per heavy atom. The van der Waals surface area contributed by atoms with Crippen molar-refractivity contribution in [2.45, 2.75) is 13.5 Å². The summed E-state index contributed by atoms with van der Waals surface area (Å²) < 4.78 is 0. The van der Waals surface area contributed by atoms with Crippen LogP contribution in [0.3, 0.4) is 0 Å². The Morgan fingerprint density at radius 2 is 1.77 bits per heavy atom. The van der Waals surface area contributed by atoms with Gasteiger partial charge in [0.15, 0.2) is 0 Å². The second-order valence-corrected chi connectivity index (χ2v) is 6.16. The molecule has 1 amide bonds. The molecule has 0 atom stereocenters. The Balaban J connectivity index is 1.68. The third kappa shape index (κ3) is 4.58. The van der Waals surface area contributed by atoms with Crippen LogP contribution in [0.2, 0.25) is 5.02 Å². The molecule has 3 aromatic rings. The first kappa shape index (κ1) is 17.9. The van der Waals surface area contributed by atoms with E-state index in [0.717, 1.165) is 18.9 Å². The minimum Gasteiger partial charge on any atom is -0.351 e. The predicted molar refractivity (Wildman–Crippen MR) is 105 cm³/mol. The van der Waals surface area contributed by atoms with Crippen LogP contribution in [0.1, 0.15) is 23.0 Å². The van der Waals surface area contributed by atoms with Crippen molar-refractivity contribution >= 4 is 29.0 Å². The molecule has 0 unspecified atom stereocenters. The lowest BCUT2D eigenvalue weighted by Crippen LogP contribution is -2.24. The molecule has 0 bridgehead atoms. The first-order valence-electron chi connectivity index (χ1n) is 8.33. The molecule has 0 saturated carbocycles. The lowest BCUT2D eigenvalue weighted by Gasteiger charge is -2.21. The van der Waals surface area contributed by atoms with E-state index in [4.69, 9.17) is 11.6 Å². The molecule has 0 aliphatic rings. The molecule has 132 valence electrons. The van der Waals surface area contributed by atoms with Gasteiger partial charge in [-0.3, -0.25) is 4.79 Å². The van der Waals surface area contributed by atoms with Crippen LogP contribution in [0.25, 0.3) is 0 Å². The van der Waals surface area contributed by atoms with Gasteiger partial charge in [0.2, 0.25) is 0 Å². The second-order valence-electron chi connectivity index (χ2n) is 5.72. The quantitative estimate of drug-likeness (QED) is 0.702. The number of hydrogen-bond acceptors (Lipinski definition) is 4. The summed E-state index contributed by atoms with van der Waals surface area (Å²) in [6.07, 6.45) is 3.12. The summed E-state index contributed by atoms with van der Waals surface area (Å²) in [4.78, 5) is 23.0. The van der Waals surface area contributed by atoms with Gasteiger partial charge in [-0.15, -0.1) is 0 Å². The molecular formula is C20H19ClN4O. The standard InChI is InChI=1S/C20H19ClN4O/c1-2-25(14-15-6-4-3-5-7-15)19-13-22-18(12-23-19)20(26)24-17-10-8-16(21)9-11-17/h3-13H,2,14H2,1H3,(H,24,26). The smallest absolute Gasteiger partial charge is 0.275 e. The zero-order valence-corrected chi connectivity index (χ0v) is 15.1. The van der Waals surface area contributed by atoms with Crippen LogP contribution < -0.4 is 10.2 Å². The molecule has 3 rings (SSSR count). The molecule has 0 aliphatic carbocycles. The van der Waals surface area contributed by atoms with Crippen LogP contribution in [0.5, 0.6) is 0 Å². The average Bonchev–Trinajstić information content (AvgIpc) is 2.69. The van der Waals surface area contributed by atoms with Crippen LogP contribution in [-0.2, 0) is 6.54 Å². The summed E-state index contributed by atoms with van der Waals surface area (Å²) in [6, 6.07) is 17.1. The number of rotatable bonds is 6. The van der Waals surface area contributed by atoms with Crippen molar-refractivity contribution in [2.75, 3.05) is 16.8 Å². The Morgan fingerprint density at radius 3 is 2.38 bits per heavy atom. The first-order chi connectivity index (χ1) is 12.7. The van der Waals surface area contributed by atoms with Crippen LogP contribution in [-0.4, -0.2) is 22.4 Å². The number of carbonyl (C=O) groups excluding carboxylic acids is 1. The minimum absolute atomic E-state index is 0.263. The Bertz CT molecular complexity index is 851. The van der Waals surface area contributed by atoms with Gasteiger partial charge in [0.25, 0.3) is 5.91 Å². The number of nitrogens with one attached hydrogen (secondary N) is 1. The SMILES string of the molecule is CCN(Cc1ccccc1)c1cnc(C(=O)Nc2ccc(Cl)cc2)cn1. The molecule has 0 radical (unpaired) electrons. The number of carbonyl (C=O) groups is 1. The van der Waals surface area contributed by atoms with Gasteiger partial charge in [-0.25, -0.2) is 9.97 Å². The largest absolute Gasteiger partial charge is 0.351 e. The van der Waals surface area contributed by atoms with E-state index in [1.165, 1.54) is 11.8 Å². The number of amides is 1. The Labute approximate surface area is 157 Å². The number of aromatic nitrogens is 2. The van der Waals surface area contributed by atoms with Crippen LogP contribution in [0.15, 0.2) is 67.0 Å². The fraction of sp³-hybridized carbons (Fsp3) is 0.150. The van der Waals surface area contributed by atoms with Crippen molar-refractivity contribution in [3.63, 3.8) is 0 Å². The summed E-state index contributed by atoms with van der Waals surface area (Å²) >= 11 is 5.84. The third-order valence-electron chi connectivity index (χ3n) is 3.89. The highest BCUT2D eigenvalue weighted by Crippen LogP contribution is 2.16. The molecule has 2 aromatic carbocycles. The summed E-state index contributed by atoms with van der Waals surface area (Å²) in [7, 11) is 0. The Kier molecular flexibility index (Phi) is 5.81. The highest BCUT2D eigenvalue weighted by atomic mass is 35.5. The van der Waals surface area contributed by atoms with E-state index in [0.29, 0.717) is 10.7 Å². The van der Waals surface area contributed by atoms with Crippen molar-refractivity contribution in [3.05, 3.63) is 83.3 Å². The van der Waals surface area contributed by atoms with Gasteiger partial charge < -0.3 is 10.2 Å². The van der Waals surface area contributed by atoms with Crippen molar-refractivity contribution < 1.29 is 4.79 Å². The fourth-order valence-electron chi connectivity index (χ4n) is 2.49. The van der Waals surface area contributed by atoms with Gasteiger partial charge in [0.1, 0.15) is 11.5 Å². The normalized spacial score (nSPS) is 10.4. The van der Waals surface area contributed by atoms with Crippen LogP contribution in [0.4, 0.5) is 11.5 Å². The summed E-state index contributed by atoms with van der Waals surface area (Å²) in [5, 5.41) is 3.39. The van der Waals surface area contributed by atoms with Gasteiger partial charge in [-0.2, -0.15) is 0 Å². The number of anilines is 2. The van der Waals surface area contributed by atoms with Gasteiger partial charge in [0.05, 0.1) is 12.4 Å². The number of nitrogens with zero attached hydrogens (tertiary/aromatic N) is 3. The zero-order valence-electron chi connectivity index (χ0n) is 14.4. The van der Waals surface area contributed by atoms with E-state index < -0.39 is 0 Å². The Hall–Kier alpha value is -2.92. The molecule has 1 N–H and O–H groups in total. The zero-order chi connectivity index (χ0) is 18.4. The van der Waals surface area contributed by atoms with Gasteiger partial charge >= 0.3 is 0 Å². The third-order valence-corrected chi connectivity index (χ3v) is 4.15. The van der Waals surface area contributed by atoms with E-state index in [9.17, 15) is 4.79 Å². The van der Waals surface area contributed by atoms with Gasteiger partial charge in [0, 0.05) is 23.8 Å². The lowest BCUT2D eigenvalue weighted by molar-refractivity contribution is 0.102. The monoisotopic (exact) mass is 366 g/mol. The topological polar surface area (TPSA) is 58.1 Å². The van der Waals surface area contributed by atoms with Crippen molar-refractivity contribution in [2.24, 2.45) is 0 Å². The predicted octanol–water partition coefficient (Wildman–Crippen LogP) is 4.41. The highest BCUT2D eigenvalue weighted by molar-refractivity contribution is 6.30. The van der Waals surface area contributed by atoms with Crippen LogP contribution >= 0.6 is 11.6 Å². The molecule has 1 aromatic heterocycles. The molecule has 1 heterocycles. The summed E-state index contributed by atoms with van der Waals surface area (Å²) in [6.45, 7) is 3.59. The van der Waals surface area contributed by atoms with Gasteiger partial charge in [-0.1, -0.05) is 41.9 Å². The fourth-order valence-corrected chi connectivity index (χ4v) is 2.61. The number of benzene rings is 2. The molecule has 26 heavy (non-hydrogen) atoms. The van der Waals surface area contributed by atoms with E-state index in [1.54, 1.807) is 30.5 Å². The van der Waals surface area contributed by atoms with E-state index in [2.05, 4.69) is 39.2 Å². The molecule has 5 nitrogen and oxygen atoms in total. The molecule has 0 fully saturated rings.